The molecule has 0 aromatic heterocycles. The van der Waals surface area contributed by atoms with E-state index < -0.39 is 9.84 Å². The Balaban J connectivity index is 0.00000441. The van der Waals surface area contributed by atoms with E-state index in [1.807, 2.05) is 13.0 Å². The van der Waals surface area contributed by atoms with Crippen LogP contribution in [0.25, 0.3) is 0 Å². The fraction of sp³-hybridized carbons (Fsp3) is 0.533. The number of nitrogens with one attached hydrogen (secondary N) is 2. The fourth-order valence-electron chi connectivity index (χ4n) is 1.88. The molecule has 5 nitrogen and oxygen atoms in total. The first-order valence-electron chi connectivity index (χ1n) is 7.28. The van der Waals surface area contributed by atoms with Gasteiger partial charge in [-0.25, -0.2) is 8.42 Å². The van der Waals surface area contributed by atoms with E-state index in [1.165, 1.54) is 0 Å². The molecule has 1 atom stereocenters. The van der Waals surface area contributed by atoms with Gasteiger partial charge in [0.05, 0.1) is 10.6 Å². The van der Waals surface area contributed by atoms with Gasteiger partial charge in [0.15, 0.2) is 15.8 Å². The lowest BCUT2D eigenvalue weighted by Gasteiger charge is -2.20. The highest BCUT2D eigenvalue weighted by atomic mass is 127. The minimum Gasteiger partial charge on any atom is -0.356 e. The molecule has 0 bridgehead atoms. The molecule has 0 fully saturated rings. The highest BCUT2D eigenvalue weighted by molar-refractivity contribution is 14.0. The Morgan fingerprint density at radius 1 is 1.23 bits per heavy atom. The van der Waals surface area contributed by atoms with Gasteiger partial charge in [-0.3, -0.25) is 4.99 Å². The quantitative estimate of drug-likeness (QED) is 0.389. The number of hydrogen-bond donors (Lipinski definition) is 2. The molecule has 0 saturated heterocycles. The van der Waals surface area contributed by atoms with Crippen LogP contribution in [-0.4, -0.2) is 39.8 Å². The van der Waals surface area contributed by atoms with Crippen molar-refractivity contribution in [3.63, 3.8) is 0 Å². The van der Waals surface area contributed by atoms with E-state index in [4.69, 9.17) is 0 Å². The molecular weight excluding hydrogens is 413 g/mol. The average molecular weight is 439 g/mol. The summed E-state index contributed by atoms with van der Waals surface area (Å²) in [5.41, 5.74) is 0. The van der Waals surface area contributed by atoms with Crippen molar-refractivity contribution in [2.75, 3.05) is 19.3 Å². The van der Waals surface area contributed by atoms with Crippen molar-refractivity contribution in [2.45, 2.75) is 37.6 Å². The van der Waals surface area contributed by atoms with Gasteiger partial charge >= 0.3 is 0 Å². The van der Waals surface area contributed by atoms with Gasteiger partial charge in [0.2, 0.25) is 0 Å². The number of sulfone groups is 1. The number of nitrogens with zero attached hydrogens (tertiary/aromatic N) is 1. The molecular formula is C15H26IN3O2S. The molecule has 1 aromatic rings. The molecule has 7 heteroatoms. The van der Waals surface area contributed by atoms with E-state index in [1.54, 1.807) is 31.3 Å². The van der Waals surface area contributed by atoms with E-state index in [0.717, 1.165) is 13.0 Å². The van der Waals surface area contributed by atoms with E-state index in [0.29, 0.717) is 17.3 Å². The molecule has 0 heterocycles. The van der Waals surface area contributed by atoms with E-state index in [2.05, 4.69) is 22.5 Å². The third kappa shape index (κ3) is 6.95. The summed E-state index contributed by atoms with van der Waals surface area (Å²) in [6, 6.07) is 8.38. The smallest absolute Gasteiger partial charge is 0.191 e. The normalized spacial score (nSPS) is 13.1. The van der Waals surface area contributed by atoms with Crippen molar-refractivity contribution in [1.82, 2.24) is 10.6 Å². The van der Waals surface area contributed by atoms with Crippen LogP contribution < -0.4 is 10.6 Å². The van der Waals surface area contributed by atoms with E-state index >= 15 is 0 Å². The van der Waals surface area contributed by atoms with Gasteiger partial charge < -0.3 is 10.6 Å². The third-order valence-electron chi connectivity index (χ3n) is 3.12. The van der Waals surface area contributed by atoms with Crippen LogP contribution in [0.4, 0.5) is 0 Å². The van der Waals surface area contributed by atoms with Crippen molar-refractivity contribution < 1.29 is 8.42 Å². The van der Waals surface area contributed by atoms with Gasteiger partial charge in [0.25, 0.3) is 0 Å². The maximum atomic E-state index is 12.4. The molecule has 126 valence electrons. The lowest BCUT2D eigenvalue weighted by Crippen LogP contribution is -2.46. The zero-order valence-electron chi connectivity index (χ0n) is 13.4. The van der Waals surface area contributed by atoms with Gasteiger partial charge in [-0.15, -0.1) is 24.0 Å². The van der Waals surface area contributed by atoms with Gasteiger partial charge in [0, 0.05) is 19.6 Å². The van der Waals surface area contributed by atoms with Crippen molar-refractivity contribution in [2.24, 2.45) is 4.99 Å². The van der Waals surface area contributed by atoms with Crippen LogP contribution in [0.15, 0.2) is 40.2 Å². The second kappa shape index (κ2) is 10.8. The highest BCUT2D eigenvalue weighted by Gasteiger charge is 2.20. The molecule has 1 aromatic carbocycles. The summed E-state index contributed by atoms with van der Waals surface area (Å²) in [4.78, 5) is 4.48. The first-order valence-corrected chi connectivity index (χ1v) is 8.93. The van der Waals surface area contributed by atoms with Gasteiger partial charge in [0.1, 0.15) is 0 Å². The second-order valence-corrected chi connectivity index (χ2v) is 6.88. The molecule has 1 rings (SSSR count). The summed E-state index contributed by atoms with van der Waals surface area (Å²) in [7, 11) is -1.61. The fourth-order valence-corrected chi connectivity index (χ4v) is 3.49. The van der Waals surface area contributed by atoms with Gasteiger partial charge in [-0.05, 0) is 25.0 Å². The minimum atomic E-state index is -3.29. The van der Waals surface area contributed by atoms with Crippen LogP contribution in [0.2, 0.25) is 0 Å². The molecule has 0 amide bonds. The lowest BCUT2D eigenvalue weighted by atomic mass is 10.3. The number of benzene rings is 1. The number of halogens is 1. The molecule has 0 spiro atoms. The first kappa shape index (κ1) is 21.2. The van der Waals surface area contributed by atoms with Crippen LogP contribution in [0.5, 0.6) is 0 Å². The van der Waals surface area contributed by atoms with E-state index in [-0.39, 0.29) is 35.8 Å². The monoisotopic (exact) mass is 439 g/mol. The predicted molar refractivity (Wildman–Crippen MR) is 103 cm³/mol. The standard InChI is InChI=1S/C15H25N3O2S.HI/c1-4-11-17-15(16-3)18-13(5-2)12-21(19,20)14-9-7-6-8-10-14;/h6-10,13H,4-5,11-12H2,1-3H3,(H2,16,17,18);1H. The van der Waals surface area contributed by atoms with Crippen molar-refractivity contribution >= 4 is 39.8 Å². The average Bonchev–Trinajstić information content (AvgIpc) is 2.51. The molecule has 0 aliphatic rings. The SMILES string of the molecule is CCCNC(=NC)NC(CC)CS(=O)(=O)c1ccccc1.I. The van der Waals surface area contributed by atoms with Crippen molar-refractivity contribution in [3.8, 4) is 0 Å². The number of aliphatic imine (C=N–C) groups is 1. The molecule has 0 aliphatic carbocycles. The summed E-state index contributed by atoms with van der Waals surface area (Å²) in [5, 5.41) is 6.33. The molecule has 0 radical (unpaired) electrons. The van der Waals surface area contributed by atoms with Gasteiger partial charge in [-0.1, -0.05) is 32.0 Å². The number of hydrogen-bond acceptors (Lipinski definition) is 3. The van der Waals surface area contributed by atoms with Crippen LogP contribution >= 0.6 is 24.0 Å². The molecule has 0 aliphatic heterocycles. The maximum Gasteiger partial charge on any atom is 0.191 e. The lowest BCUT2D eigenvalue weighted by molar-refractivity contribution is 0.568. The molecule has 1 unspecified atom stereocenters. The van der Waals surface area contributed by atoms with Crippen LogP contribution in [0, 0.1) is 0 Å². The number of rotatable bonds is 7. The largest absolute Gasteiger partial charge is 0.356 e. The minimum absolute atomic E-state index is 0. The Hall–Kier alpha value is -0.830. The number of guanidine groups is 1. The molecule has 22 heavy (non-hydrogen) atoms. The zero-order chi connectivity index (χ0) is 15.7. The molecule has 0 saturated carbocycles. The Morgan fingerprint density at radius 2 is 1.86 bits per heavy atom. The van der Waals surface area contributed by atoms with Crippen LogP contribution in [0.1, 0.15) is 26.7 Å². The summed E-state index contributed by atoms with van der Waals surface area (Å²) in [6.07, 6.45) is 1.69. The summed E-state index contributed by atoms with van der Waals surface area (Å²) < 4.78 is 24.8. The Kier molecular flexibility index (Phi) is 10.4. The van der Waals surface area contributed by atoms with Crippen LogP contribution in [-0.2, 0) is 9.84 Å². The first-order chi connectivity index (χ1) is 10.0. The van der Waals surface area contributed by atoms with Crippen molar-refractivity contribution in [1.29, 1.82) is 0 Å². The summed E-state index contributed by atoms with van der Waals surface area (Å²) in [6.45, 7) is 4.84. The Bertz CT molecular complexity index is 547. The highest BCUT2D eigenvalue weighted by Crippen LogP contribution is 2.12. The summed E-state index contributed by atoms with van der Waals surface area (Å²) >= 11 is 0. The third-order valence-corrected chi connectivity index (χ3v) is 4.95. The van der Waals surface area contributed by atoms with E-state index in [9.17, 15) is 8.42 Å². The zero-order valence-corrected chi connectivity index (χ0v) is 16.5. The van der Waals surface area contributed by atoms with Crippen molar-refractivity contribution in [3.05, 3.63) is 30.3 Å². The van der Waals surface area contributed by atoms with Gasteiger partial charge in [-0.2, -0.15) is 0 Å². The van der Waals surface area contributed by atoms with Crippen LogP contribution in [0.3, 0.4) is 0 Å². The Morgan fingerprint density at radius 3 is 2.36 bits per heavy atom. The summed E-state index contributed by atoms with van der Waals surface area (Å²) in [5.74, 6) is 0.701. The molecule has 2 N–H and O–H groups in total. The Labute approximate surface area is 150 Å². The second-order valence-electron chi connectivity index (χ2n) is 4.84. The maximum absolute atomic E-state index is 12.4. The predicted octanol–water partition coefficient (Wildman–Crippen LogP) is 2.43. The topological polar surface area (TPSA) is 70.6 Å².